The zero-order valence-corrected chi connectivity index (χ0v) is 14.6. The minimum atomic E-state index is -4.76. The van der Waals surface area contributed by atoms with Gasteiger partial charge in [-0.15, -0.1) is 0 Å². The third-order valence-corrected chi connectivity index (χ3v) is 3.83. The third-order valence-electron chi connectivity index (χ3n) is 3.83. The summed E-state index contributed by atoms with van der Waals surface area (Å²) in [6.07, 6.45) is -8.38. The number of rotatable bonds is 6. The molecule has 4 nitrogen and oxygen atoms in total. The van der Waals surface area contributed by atoms with E-state index in [0.29, 0.717) is 0 Å². The molecule has 0 unspecified atom stereocenters. The van der Waals surface area contributed by atoms with Crippen molar-refractivity contribution >= 4 is 5.91 Å². The molecule has 0 saturated carbocycles. The summed E-state index contributed by atoms with van der Waals surface area (Å²) in [5.41, 5.74) is -2.53. The van der Waals surface area contributed by atoms with Crippen LogP contribution in [0.1, 0.15) is 34.8 Å². The summed E-state index contributed by atoms with van der Waals surface area (Å²) in [5.74, 6) is -0.634. The molecule has 0 radical (unpaired) electrons. The first kappa shape index (κ1) is 21.7. The molecule has 2 aromatic rings. The van der Waals surface area contributed by atoms with Gasteiger partial charge in [-0.1, -0.05) is 12.1 Å². The fourth-order valence-electron chi connectivity index (χ4n) is 2.49. The largest absolute Gasteiger partial charge is 0.418 e. The number of hydrogen-bond acceptors (Lipinski definition) is 3. The quantitative estimate of drug-likeness (QED) is 0.726. The lowest BCUT2D eigenvalue weighted by Gasteiger charge is -2.22. The lowest BCUT2D eigenvalue weighted by molar-refractivity contribution is -0.139. The molecule has 0 spiro atoms. The van der Waals surface area contributed by atoms with E-state index in [1.54, 1.807) is 0 Å². The molecule has 1 N–H and O–H groups in total. The van der Waals surface area contributed by atoms with Crippen molar-refractivity contribution in [2.75, 3.05) is 13.7 Å². The maximum atomic E-state index is 13.4. The molecule has 0 aliphatic rings. The fraction of sp³-hybridized carbons (Fsp3) is 0.333. The van der Waals surface area contributed by atoms with Gasteiger partial charge in [0.05, 0.1) is 29.5 Å². The van der Waals surface area contributed by atoms with Crippen LogP contribution in [0.2, 0.25) is 0 Å². The zero-order chi connectivity index (χ0) is 20.9. The Morgan fingerprint density at radius 2 is 1.71 bits per heavy atom. The Bertz CT molecular complexity index is 803. The average molecular weight is 406 g/mol. The number of ether oxygens (including phenoxy) is 1. The van der Waals surface area contributed by atoms with Crippen LogP contribution in [0.25, 0.3) is 0 Å². The summed E-state index contributed by atoms with van der Waals surface area (Å²) >= 11 is 0. The average Bonchev–Trinajstić information content (AvgIpc) is 2.63. The Hall–Kier alpha value is -2.62. The number of methoxy groups -OCH3 is 1. The molecule has 0 saturated heterocycles. The molecule has 0 aliphatic carbocycles. The van der Waals surface area contributed by atoms with Gasteiger partial charge < -0.3 is 10.1 Å². The summed E-state index contributed by atoms with van der Waals surface area (Å²) in [6.45, 7) is 0.0277. The van der Waals surface area contributed by atoms with Gasteiger partial charge in [0.2, 0.25) is 5.91 Å². The van der Waals surface area contributed by atoms with Crippen molar-refractivity contribution in [3.63, 3.8) is 0 Å². The van der Waals surface area contributed by atoms with Crippen LogP contribution in [0.3, 0.4) is 0 Å². The van der Waals surface area contributed by atoms with Gasteiger partial charge in [-0.25, -0.2) is 0 Å². The van der Waals surface area contributed by atoms with Crippen molar-refractivity contribution in [3.05, 3.63) is 65.0 Å². The number of amides is 1. The van der Waals surface area contributed by atoms with Crippen LogP contribution in [0, 0.1) is 0 Å². The van der Waals surface area contributed by atoms with Crippen LogP contribution in [-0.2, 0) is 21.9 Å². The number of carbonyl (C=O) groups excluding carboxylic acids is 1. The predicted octanol–water partition coefficient (Wildman–Crippen LogP) is 4.36. The van der Waals surface area contributed by atoms with E-state index in [-0.39, 0.29) is 18.6 Å². The summed E-state index contributed by atoms with van der Waals surface area (Å²) < 4.78 is 83.2. The van der Waals surface area contributed by atoms with Gasteiger partial charge in [-0.3, -0.25) is 9.78 Å². The standard InChI is InChI=1S/C18H16F6N2O2/c1-28-10-8-14(27)26-15(11-4-6-12(7-5-11)17(19,20)21)16-13(18(22,23)24)3-2-9-25-16/h2-7,9,15H,8,10H2,1H3,(H,26,27)/t15-/m0/s1. The maximum absolute atomic E-state index is 13.4. The van der Waals surface area contributed by atoms with Crippen LogP contribution in [0.5, 0.6) is 0 Å². The predicted molar refractivity (Wildman–Crippen MR) is 87.2 cm³/mol. The van der Waals surface area contributed by atoms with Crippen molar-refractivity contribution in [3.8, 4) is 0 Å². The van der Waals surface area contributed by atoms with Gasteiger partial charge in [0.1, 0.15) is 0 Å². The van der Waals surface area contributed by atoms with Crippen molar-refractivity contribution in [1.29, 1.82) is 0 Å². The highest BCUT2D eigenvalue weighted by atomic mass is 19.4. The van der Waals surface area contributed by atoms with Crippen LogP contribution in [-0.4, -0.2) is 24.6 Å². The first-order chi connectivity index (χ1) is 13.0. The summed E-state index contributed by atoms with van der Waals surface area (Å²) in [4.78, 5) is 15.8. The van der Waals surface area contributed by atoms with E-state index in [0.717, 1.165) is 42.6 Å². The highest BCUT2D eigenvalue weighted by molar-refractivity contribution is 5.77. The lowest BCUT2D eigenvalue weighted by atomic mass is 9.97. The van der Waals surface area contributed by atoms with Crippen molar-refractivity contribution < 1.29 is 35.9 Å². The number of hydrogen-bond donors (Lipinski definition) is 1. The second-order valence-electron chi connectivity index (χ2n) is 5.80. The smallest absolute Gasteiger partial charge is 0.384 e. The Balaban J connectivity index is 2.48. The summed E-state index contributed by atoms with van der Waals surface area (Å²) in [6, 6.07) is 3.99. The Morgan fingerprint density at radius 3 is 2.25 bits per heavy atom. The van der Waals surface area contributed by atoms with Crippen LogP contribution in [0.4, 0.5) is 26.3 Å². The molecule has 0 aliphatic heterocycles. The highest BCUT2D eigenvalue weighted by Gasteiger charge is 2.37. The number of aromatic nitrogens is 1. The molecule has 0 bridgehead atoms. The zero-order valence-electron chi connectivity index (χ0n) is 14.6. The monoisotopic (exact) mass is 406 g/mol. The van der Waals surface area contributed by atoms with Gasteiger partial charge in [-0.05, 0) is 29.8 Å². The topological polar surface area (TPSA) is 51.2 Å². The van der Waals surface area contributed by atoms with E-state index < -0.39 is 41.1 Å². The number of halogens is 6. The number of pyridine rings is 1. The molecule has 1 aromatic heterocycles. The fourth-order valence-corrected chi connectivity index (χ4v) is 2.49. The van der Waals surface area contributed by atoms with E-state index in [2.05, 4.69) is 10.3 Å². The van der Waals surface area contributed by atoms with Gasteiger partial charge in [0.25, 0.3) is 0 Å². The van der Waals surface area contributed by atoms with Gasteiger partial charge in [-0.2, -0.15) is 26.3 Å². The summed E-state index contributed by atoms with van der Waals surface area (Å²) in [5, 5.41) is 2.39. The van der Waals surface area contributed by atoms with E-state index >= 15 is 0 Å². The highest BCUT2D eigenvalue weighted by Crippen LogP contribution is 2.36. The van der Waals surface area contributed by atoms with Gasteiger partial charge in [0, 0.05) is 19.7 Å². The molecule has 1 heterocycles. The number of alkyl halides is 6. The van der Waals surface area contributed by atoms with Crippen LogP contribution in [0.15, 0.2) is 42.6 Å². The molecule has 2 rings (SSSR count). The minimum absolute atomic E-state index is 0.0277. The molecule has 1 atom stereocenters. The molecule has 28 heavy (non-hydrogen) atoms. The maximum Gasteiger partial charge on any atom is 0.418 e. The molecule has 152 valence electrons. The van der Waals surface area contributed by atoms with Gasteiger partial charge in [0.15, 0.2) is 0 Å². The van der Waals surface area contributed by atoms with E-state index in [1.165, 1.54) is 7.11 Å². The SMILES string of the molecule is COCCC(=O)N[C@@H](c1ccc(C(F)(F)F)cc1)c1ncccc1C(F)(F)F. The number of nitrogens with zero attached hydrogens (tertiary/aromatic N) is 1. The third kappa shape index (κ3) is 5.44. The number of carbonyl (C=O) groups is 1. The normalized spacial score (nSPS) is 13.2. The number of benzene rings is 1. The van der Waals surface area contributed by atoms with Crippen molar-refractivity contribution in [2.24, 2.45) is 0 Å². The van der Waals surface area contributed by atoms with E-state index in [9.17, 15) is 31.1 Å². The Kier molecular flexibility index (Phi) is 6.65. The van der Waals surface area contributed by atoms with E-state index in [1.807, 2.05) is 0 Å². The molecule has 10 heteroatoms. The molecule has 0 fully saturated rings. The molecular weight excluding hydrogens is 390 g/mol. The summed E-state index contributed by atoms with van der Waals surface area (Å²) in [7, 11) is 1.35. The molecule has 1 amide bonds. The second-order valence-corrected chi connectivity index (χ2v) is 5.80. The van der Waals surface area contributed by atoms with Gasteiger partial charge >= 0.3 is 12.4 Å². The molecular formula is C18H16F6N2O2. The van der Waals surface area contributed by atoms with Crippen molar-refractivity contribution in [2.45, 2.75) is 24.8 Å². The van der Waals surface area contributed by atoms with E-state index in [4.69, 9.17) is 4.74 Å². The second kappa shape index (κ2) is 8.59. The Labute approximate surface area is 156 Å². The van der Waals surface area contributed by atoms with Crippen LogP contribution < -0.4 is 5.32 Å². The number of nitrogens with one attached hydrogen (secondary N) is 1. The Morgan fingerprint density at radius 1 is 1.07 bits per heavy atom. The van der Waals surface area contributed by atoms with Crippen LogP contribution >= 0.6 is 0 Å². The minimum Gasteiger partial charge on any atom is -0.384 e. The van der Waals surface area contributed by atoms with Crippen molar-refractivity contribution in [1.82, 2.24) is 10.3 Å². The lowest BCUT2D eigenvalue weighted by Crippen LogP contribution is -2.32. The molecule has 1 aromatic carbocycles. The first-order valence-electron chi connectivity index (χ1n) is 8.01. The first-order valence-corrected chi connectivity index (χ1v) is 8.01.